The summed E-state index contributed by atoms with van der Waals surface area (Å²) in [5.41, 5.74) is 3.21. The Morgan fingerprint density at radius 2 is 1.97 bits per heavy atom. The quantitative estimate of drug-likeness (QED) is 0.672. The lowest BCUT2D eigenvalue weighted by Crippen LogP contribution is -2.36. The molecule has 2 aromatic carbocycles. The zero-order chi connectivity index (χ0) is 21.0. The third-order valence-corrected chi connectivity index (χ3v) is 4.63. The van der Waals surface area contributed by atoms with Gasteiger partial charge in [0.2, 0.25) is 5.88 Å². The highest BCUT2D eigenvalue weighted by molar-refractivity contribution is 6.30. The number of ether oxygens (including phenoxy) is 1. The number of halogens is 1. The van der Waals surface area contributed by atoms with Crippen molar-refractivity contribution >= 4 is 17.5 Å². The van der Waals surface area contributed by atoms with Crippen LogP contribution in [0.5, 0.6) is 5.88 Å². The Labute approximate surface area is 174 Å². The molecule has 29 heavy (non-hydrogen) atoms. The number of carbonyl (C=O) groups is 1. The van der Waals surface area contributed by atoms with Crippen LogP contribution in [0.15, 0.2) is 59.4 Å². The molecule has 0 aliphatic rings. The molecule has 0 spiro atoms. The number of hydrogen-bond acceptors (Lipinski definition) is 4. The maximum absolute atomic E-state index is 12.4. The number of nitrogens with one attached hydrogen (secondary N) is 1. The Morgan fingerprint density at radius 1 is 1.17 bits per heavy atom. The predicted molar refractivity (Wildman–Crippen MR) is 113 cm³/mol. The van der Waals surface area contributed by atoms with Crippen molar-refractivity contribution in [2.24, 2.45) is 0 Å². The van der Waals surface area contributed by atoms with Gasteiger partial charge in [0, 0.05) is 23.7 Å². The molecule has 150 valence electrons. The van der Waals surface area contributed by atoms with Gasteiger partial charge in [0.15, 0.2) is 6.10 Å². The van der Waals surface area contributed by atoms with Gasteiger partial charge in [-0.2, -0.15) is 4.68 Å². The molecule has 0 bridgehead atoms. The summed E-state index contributed by atoms with van der Waals surface area (Å²) in [6, 6.07) is 15.9. The van der Waals surface area contributed by atoms with Gasteiger partial charge in [-0.15, -0.1) is 5.10 Å². The van der Waals surface area contributed by atoms with Gasteiger partial charge >= 0.3 is 0 Å². The number of aromatic nitrogens is 2. The molecule has 3 rings (SSSR count). The molecule has 6 nitrogen and oxygen atoms in total. The van der Waals surface area contributed by atoms with E-state index >= 15 is 0 Å². The second kappa shape index (κ2) is 8.92. The van der Waals surface area contributed by atoms with E-state index in [0.29, 0.717) is 17.3 Å². The second-order valence-corrected chi connectivity index (χ2v) is 7.26. The summed E-state index contributed by atoms with van der Waals surface area (Å²) >= 11 is 6.05. The molecule has 0 fully saturated rings. The van der Waals surface area contributed by atoms with E-state index in [4.69, 9.17) is 16.3 Å². The summed E-state index contributed by atoms with van der Waals surface area (Å²) < 4.78 is 6.88. The van der Waals surface area contributed by atoms with E-state index in [1.165, 1.54) is 16.8 Å². The van der Waals surface area contributed by atoms with Crippen LogP contribution in [-0.4, -0.2) is 21.8 Å². The van der Waals surface area contributed by atoms with Crippen molar-refractivity contribution in [3.63, 3.8) is 0 Å². The van der Waals surface area contributed by atoms with E-state index in [2.05, 4.69) is 10.4 Å². The summed E-state index contributed by atoms with van der Waals surface area (Å²) in [5.74, 6) is -0.104. The molecule has 1 N–H and O–H groups in total. The fourth-order valence-electron chi connectivity index (χ4n) is 2.83. The first kappa shape index (κ1) is 20.6. The fraction of sp³-hybridized carbons (Fsp3) is 0.227. The van der Waals surface area contributed by atoms with E-state index in [1.54, 1.807) is 25.1 Å². The molecular weight excluding hydrogens is 390 g/mol. The van der Waals surface area contributed by atoms with Crippen LogP contribution in [0.25, 0.3) is 5.69 Å². The third-order valence-electron chi connectivity index (χ3n) is 4.39. The summed E-state index contributed by atoms with van der Waals surface area (Å²) in [4.78, 5) is 24.6. The Morgan fingerprint density at radius 3 is 2.72 bits per heavy atom. The fourth-order valence-corrected chi connectivity index (χ4v) is 3.00. The maximum Gasteiger partial charge on any atom is 0.271 e. The van der Waals surface area contributed by atoms with Crippen LogP contribution in [0.2, 0.25) is 5.02 Å². The van der Waals surface area contributed by atoms with Gasteiger partial charge in [-0.3, -0.25) is 9.59 Å². The lowest BCUT2D eigenvalue weighted by Gasteiger charge is -2.15. The van der Waals surface area contributed by atoms with Crippen molar-refractivity contribution in [2.75, 3.05) is 0 Å². The molecule has 1 aromatic heterocycles. The molecule has 1 atom stereocenters. The SMILES string of the molecule is Cc1cccc(CNC(=O)C(C)Oc2ccc(=O)n(-c3cc(Cl)ccc3C)n2)c1. The molecular formula is C22H22ClN3O3. The van der Waals surface area contributed by atoms with Gasteiger partial charge in [0.1, 0.15) is 0 Å². The van der Waals surface area contributed by atoms with Crippen molar-refractivity contribution in [3.8, 4) is 11.6 Å². The Hall–Kier alpha value is -3.12. The monoisotopic (exact) mass is 411 g/mol. The number of aryl methyl sites for hydroxylation is 2. The van der Waals surface area contributed by atoms with Crippen LogP contribution in [0.1, 0.15) is 23.6 Å². The minimum Gasteiger partial charge on any atom is -0.464 e. The first-order chi connectivity index (χ1) is 13.8. The zero-order valence-corrected chi connectivity index (χ0v) is 17.2. The van der Waals surface area contributed by atoms with E-state index in [-0.39, 0.29) is 17.3 Å². The van der Waals surface area contributed by atoms with E-state index < -0.39 is 6.10 Å². The van der Waals surface area contributed by atoms with Gasteiger partial charge in [0.05, 0.1) is 5.69 Å². The van der Waals surface area contributed by atoms with Crippen LogP contribution in [0, 0.1) is 13.8 Å². The molecule has 0 aliphatic carbocycles. The summed E-state index contributed by atoms with van der Waals surface area (Å²) in [6.45, 7) is 5.89. The first-order valence-corrected chi connectivity index (χ1v) is 9.58. The topological polar surface area (TPSA) is 73.2 Å². The summed E-state index contributed by atoms with van der Waals surface area (Å²) in [5, 5.41) is 7.58. The van der Waals surface area contributed by atoms with E-state index in [0.717, 1.165) is 16.7 Å². The molecule has 1 unspecified atom stereocenters. The number of hydrogen-bond donors (Lipinski definition) is 1. The summed E-state index contributed by atoms with van der Waals surface area (Å²) in [7, 11) is 0. The van der Waals surface area contributed by atoms with Gasteiger partial charge in [0.25, 0.3) is 11.5 Å². The average Bonchev–Trinajstić information content (AvgIpc) is 2.69. The zero-order valence-electron chi connectivity index (χ0n) is 16.5. The van der Waals surface area contributed by atoms with Crippen molar-refractivity contribution < 1.29 is 9.53 Å². The number of benzene rings is 2. The molecule has 0 radical (unpaired) electrons. The molecule has 7 heteroatoms. The van der Waals surface area contributed by atoms with E-state index in [9.17, 15) is 9.59 Å². The van der Waals surface area contributed by atoms with Crippen molar-refractivity contribution in [3.05, 3.63) is 86.7 Å². The first-order valence-electron chi connectivity index (χ1n) is 9.20. The molecule has 1 heterocycles. The van der Waals surface area contributed by atoms with Gasteiger partial charge in [-0.25, -0.2) is 0 Å². The molecule has 3 aromatic rings. The average molecular weight is 412 g/mol. The Kier molecular flexibility index (Phi) is 6.34. The Balaban J connectivity index is 1.72. The highest BCUT2D eigenvalue weighted by Crippen LogP contribution is 2.18. The van der Waals surface area contributed by atoms with E-state index in [1.807, 2.05) is 38.1 Å². The smallest absolute Gasteiger partial charge is 0.271 e. The highest BCUT2D eigenvalue weighted by Gasteiger charge is 2.16. The van der Waals surface area contributed by atoms with Crippen molar-refractivity contribution in [1.29, 1.82) is 0 Å². The van der Waals surface area contributed by atoms with Crippen LogP contribution in [0.3, 0.4) is 0 Å². The Bertz CT molecular complexity index is 1090. The molecule has 1 amide bonds. The second-order valence-electron chi connectivity index (χ2n) is 6.82. The number of rotatable bonds is 6. The lowest BCUT2D eigenvalue weighted by molar-refractivity contribution is -0.127. The summed E-state index contributed by atoms with van der Waals surface area (Å²) in [6.07, 6.45) is -0.779. The minimum absolute atomic E-state index is 0.169. The van der Waals surface area contributed by atoms with Crippen LogP contribution in [-0.2, 0) is 11.3 Å². The van der Waals surface area contributed by atoms with Gasteiger partial charge < -0.3 is 10.1 Å². The predicted octanol–water partition coefficient (Wildman–Crippen LogP) is 3.59. The standard InChI is InChI=1S/C22H22ClN3O3/c1-14-5-4-6-17(11-14)13-24-22(28)16(3)29-20-9-10-21(27)26(25-20)19-12-18(23)8-7-15(19)2/h4-12,16H,13H2,1-3H3,(H,24,28). The largest absolute Gasteiger partial charge is 0.464 e. The molecule has 0 aliphatic heterocycles. The van der Waals surface area contributed by atoms with Crippen molar-refractivity contribution in [2.45, 2.75) is 33.4 Å². The normalized spacial score (nSPS) is 11.7. The van der Waals surface area contributed by atoms with Gasteiger partial charge in [-0.05, 0) is 44.0 Å². The van der Waals surface area contributed by atoms with Crippen LogP contribution in [0.4, 0.5) is 0 Å². The highest BCUT2D eigenvalue weighted by atomic mass is 35.5. The number of nitrogens with zero attached hydrogens (tertiary/aromatic N) is 2. The minimum atomic E-state index is -0.779. The van der Waals surface area contributed by atoms with Crippen LogP contribution >= 0.6 is 11.6 Å². The molecule has 0 saturated heterocycles. The number of carbonyl (C=O) groups excluding carboxylic acids is 1. The van der Waals surface area contributed by atoms with Crippen molar-refractivity contribution in [1.82, 2.24) is 15.1 Å². The third kappa shape index (κ3) is 5.23. The maximum atomic E-state index is 12.4. The van der Waals surface area contributed by atoms with Gasteiger partial charge in [-0.1, -0.05) is 47.5 Å². The van der Waals surface area contributed by atoms with Crippen LogP contribution < -0.4 is 15.6 Å². The number of amides is 1. The lowest BCUT2D eigenvalue weighted by atomic mass is 10.1. The molecule has 0 saturated carbocycles.